The molecular formula is C16H19N4O3+. The lowest BCUT2D eigenvalue weighted by Gasteiger charge is -2.23. The summed E-state index contributed by atoms with van der Waals surface area (Å²) in [4.78, 5) is 13.6. The number of rotatable bonds is 4. The lowest BCUT2D eigenvalue weighted by molar-refractivity contribution is -0.908. The van der Waals surface area contributed by atoms with E-state index in [2.05, 4.69) is 10.3 Å². The molecule has 4 rings (SSSR count). The molecule has 0 bridgehead atoms. The van der Waals surface area contributed by atoms with Gasteiger partial charge in [0.2, 0.25) is 0 Å². The second-order valence-electron chi connectivity index (χ2n) is 5.86. The van der Waals surface area contributed by atoms with E-state index in [-0.39, 0.29) is 0 Å². The number of benzene rings is 1. The van der Waals surface area contributed by atoms with Crippen LogP contribution in [0.4, 0.5) is 0 Å². The van der Waals surface area contributed by atoms with Gasteiger partial charge in [0, 0.05) is 18.4 Å². The predicted octanol–water partition coefficient (Wildman–Crippen LogP) is -0.157. The highest BCUT2D eigenvalue weighted by atomic mass is 16.5. The minimum Gasteiger partial charge on any atom is -0.421 e. The molecule has 23 heavy (non-hydrogen) atoms. The zero-order chi connectivity index (χ0) is 15.6. The molecule has 1 fully saturated rings. The van der Waals surface area contributed by atoms with Crippen LogP contribution in [0.1, 0.15) is 6.42 Å². The van der Waals surface area contributed by atoms with Crippen LogP contribution in [-0.2, 0) is 11.3 Å². The topological polar surface area (TPSA) is 74.6 Å². The van der Waals surface area contributed by atoms with E-state index in [1.54, 1.807) is 11.0 Å². The van der Waals surface area contributed by atoms with Gasteiger partial charge in [-0.3, -0.25) is 0 Å². The van der Waals surface area contributed by atoms with Crippen LogP contribution in [0, 0.1) is 0 Å². The Kier molecular flexibility index (Phi) is 3.80. The molecule has 1 N–H and O–H groups in total. The number of quaternary nitrogens is 1. The van der Waals surface area contributed by atoms with Gasteiger partial charge < -0.3 is 14.1 Å². The molecular weight excluding hydrogens is 296 g/mol. The van der Waals surface area contributed by atoms with Gasteiger partial charge in [0.1, 0.15) is 24.2 Å². The van der Waals surface area contributed by atoms with E-state index in [0.717, 1.165) is 56.7 Å². The molecule has 2 aromatic heterocycles. The Bertz CT molecular complexity index is 880. The number of aryl methyl sites for hydroxylation is 1. The van der Waals surface area contributed by atoms with Gasteiger partial charge in [0.25, 0.3) is 0 Å². The van der Waals surface area contributed by atoms with Crippen LogP contribution in [0.3, 0.4) is 0 Å². The van der Waals surface area contributed by atoms with Gasteiger partial charge >= 0.3 is 5.63 Å². The zero-order valence-corrected chi connectivity index (χ0v) is 12.8. The summed E-state index contributed by atoms with van der Waals surface area (Å²) in [6.07, 6.45) is 0.988. The van der Waals surface area contributed by atoms with Crippen LogP contribution >= 0.6 is 0 Å². The molecule has 0 atom stereocenters. The number of nitrogens with one attached hydrogen (secondary N) is 1. The molecule has 1 aliphatic rings. The second-order valence-corrected chi connectivity index (χ2v) is 5.86. The Morgan fingerprint density at radius 3 is 2.91 bits per heavy atom. The van der Waals surface area contributed by atoms with Crippen molar-refractivity contribution in [3.05, 3.63) is 34.7 Å². The third-order valence-electron chi connectivity index (χ3n) is 4.37. The lowest BCUT2D eigenvalue weighted by atomic mass is 10.2. The quantitative estimate of drug-likeness (QED) is 0.677. The maximum absolute atomic E-state index is 12.0. The Morgan fingerprint density at radius 1 is 1.22 bits per heavy atom. The molecule has 0 unspecified atom stereocenters. The fourth-order valence-electron chi connectivity index (χ4n) is 3.16. The summed E-state index contributed by atoms with van der Waals surface area (Å²) >= 11 is 0. The van der Waals surface area contributed by atoms with Crippen molar-refractivity contribution < 1.29 is 14.1 Å². The second kappa shape index (κ2) is 6.10. The van der Waals surface area contributed by atoms with Crippen LogP contribution in [0.5, 0.6) is 0 Å². The van der Waals surface area contributed by atoms with E-state index in [4.69, 9.17) is 9.15 Å². The molecule has 120 valence electrons. The van der Waals surface area contributed by atoms with E-state index in [9.17, 15) is 4.79 Å². The van der Waals surface area contributed by atoms with Crippen LogP contribution in [0.15, 0.2) is 33.5 Å². The first-order valence-electron chi connectivity index (χ1n) is 7.99. The van der Waals surface area contributed by atoms with Crippen molar-refractivity contribution in [3.8, 4) is 0 Å². The van der Waals surface area contributed by atoms with E-state index in [1.807, 2.05) is 22.9 Å². The van der Waals surface area contributed by atoms with E-state index < -0.39 is 5.63 Å². The molecule has 0 amide bonds. The standard InChI is InChI=1S/C16H18N4O3/c21-16-14-15(12-4-1-2-5-13(12)23-16)20(18-17-14)7-3-6-19-8-10-22-11-9-19/h1-2,4-5H,3,6-11H2/p+1. The summed E-state index contributed by atoms with van der Waals surface area (Å²) in [5, 5.41) is 9.06. The Morgan fingerprint density at radius 2 is 2.04 bits per heavy atom. The first-order chi connectivity index (χ1) is 11.3. The minimum absolute atomic E-state index is 0.308. The number of para-hydroxylation sites is 1. The Labute approximate surface area is 132 Å². The fourth-order valence-corrected chi connectivity index (χ4v) is 3.16. The van der Waals surface area contributed by atoms with Crippen molar-refractivity contribution >= 4 is 22.0 Å². The highest BCUT2D eigenvalue weighted by Gasteiger charge is 2.16. The van der Waals surface area contributed by atoms with Crippen molar-refractivity contribution in [2.45, 2.75) is 13.0 Å². The normalized spacial score (nSPS) is 16.3. The number of nitrogens with zero attached hydrogens (tertiary/aromatic N) is 3. The molecule has 7 nitrogen and oxygen atoms in total. The molecule has 0 spiro atoms. The summed E-state index contributed by atoms with van der Waals surface area (Å²) in [5.41, 5.74) is 1.23. The number of fused-ring (bicyclic) bond motifs is 3. The van der Waals surface area contributed by atoms with Crippen molar-refractivity contribution in [3.63, 3.8) is 0 Å². The smallest absolute Gasteiger partial charge is 0.366 e. The molecule has 1 saturated heterocycles. The number of hydrogen-bond donors (Lipinski definition) is 1. The number of aromatic nitrogens is 3. The van der Waals surface area contributed by atoms with Gasteiger partial charge in [-0.2, -0.15) is 0 Å². The van der Waals surface area contributed by atoms with Gasteiger partial charge in [-0.05, 0) is 12.1 Å². The first kappa shape index (κ1) is 14.3. The van der Waals surface area contributed by atoms with Gasteiger partial charge in [-0.15, -0.1) is 5.10 Å². The minimum atomic E-state index is -0.427. The SMILES string of the molecule is O=c1oc2ccccc2c2c1nnn2CCC[NH+]1CCOCC1. The van der Waals surface area contributed by atoms with Gasteiger partial charge in [-0.25, -0.2) is 9.48 Å². The van der Waals surface area contributed by atoms with E-state index in [1.165, 1.54) is 0 Å². The van der Waals surface area contributed by atoms with E-state index >= 15 is 0 Å². The third kappa shape index (κ3) is 2.73. The van der Waals surface area contributed by atoms with Crippen LogP contribution in [0.25, 0.3) is 22.0 Å². The molecule has 0 aliphatic carbocycles. The number of ether oxygens (including phenoxy) is 1. The maximum Gasteiger partial charge on any atom is 0.366 e. The van der Waals surface area contributed by atoms with Crippen LogP contribution in [0.2, 0.25) is 0 Å². The number of morpholine rings is 1. The zero-order valence-electron chi connectivity index (χ0n) is 12.8. The predicted molar refractivity (Wildman–Crippen MR) is 84.6 cm³/mol. The summed E-state index contributed by atoms with van der Waals surface area (Å²) < 4.78 is 12.5. The summed E-state index contributed by atoms with van der Waals surface area (Å²) in [6, 6.07) is 7.52. The third-order valence-corrected chi connectivity index (χ3v) is 4.37. The van der Waals surface area contributed by atoms with E-state index in [0.29, 0.717) is 11.1 Å². The maximum atomic E-state index is 12.0. The first-order valence-corrected chi connectivity index (χ1v) is 7.99. The van der Waals surface area contributed by atoms with Crippen molar-refractivity contribution in [2.24, 2.45) is 0 Å². The molecule has 3 aromatic rings. The van der Waals surface area contributed by atoms with Crippen LogP contribution < -0.4 is 10.5 Å². The average Bonchev–Trinajstić information content (AvgIpc) is 3.01. The molecule has 0 saturated carbocycles. The summed E-state index contributed by atoms with van der Waals surface area (Å²) in [5.74, 6) is 0. The number of hydrogen-bond acceptors (Lipinski definition) is 5. The molecule has 0 radical (unpaired) electrons. The Hall–Kier alpha value is -2.25. The molecule has 1 aliphatic heterocycles. The van der Waals surface area contributed by atoms with Gasteiger partial charge in [0.05, 0.1) is 19.8 Å². The Balaban J connectivity index is 1.61. The fraction of sp³-hybridized carbons (Fsp3) is 0.438. The average molecular weight is 315 g/mol. The largest absolute Gasteiger partial charge is 0.421 e. The monoisotopic (exact) mass is 315 g/mol. The highest BCUT2D eigenvalue weighted by Crippen LogP contribution is 2.20. The van der Waals surface area contributed by atoms with Crippen molar-refractivity contribution in [1.82, 2.24) is 15.0 Å². The van der Waals surface area contributed by atoms with Crippen molar-refractivity contribution in [1.29, 1.82) is 0 Å². The lowest BCUT2D eigenvalue weighted by Crippen LogP contribution is -3.14. The molecule has 7 heteroatoms. The summed E-state index contributed by atoms with van der Waals surface area (Å²) in [6.45, 7) is 5.62. The van der Waals surface area contributed by atoms with Gasteiger partial charge in [-0.1, -0.05) is 17.3 Å². The van der Waals surface area contributed by atoms with Crippen LogP contribution in [-0.4, -0.2) is 47.8 Å². The van der Waals surface area contributed by atoms with Crippen molar-refractivity contribution in [2.75, 3.05) is 32.8 Å². The summed E-state index contributed by atoms with van der Waals surface area (Å²) in [7, 11) is 0. The van der Waals surface area contributed by atoms with Gasteiger partial charge in [0.15, 0.2) is 5.52 Å². The molecule has 3 heterocycles. The highest BCUT2D eigenvalue weighted by molar-refractivity contribution is 6.00. The molecule has 1 aromatic carbocycles.